The van der Waals surface area contributed by atoms with E-state index in [1.807, 2.05) is 0 Å². The van der Waals surface area contributed by atoms with Gasteiger partial charge >= 0.3 is 0 Å². The fourth-order valence-electron chi connectivity index (χ4n) is 1.25. The zero-order chi connectivity index (χ0) is 7.40. The second kappa shape index (κ2) is 3.94. The van der Waals surface area contributed by atoms with E-state index in [1.165, 1.54) is 12.8 Å². The van der Waals surface area contributed by atoms with Gasteiger partial charge in [0.05, 0.1) is 6.04 Å². The van der Waals surface area contributed by atoms with Crippen molar-refractivity contribution in [1.29, 1.82) is 0 Å². The van der Waals surface area contributed by atoms with Crippen molar-refractivity contribution in [3.8, 4) is 0 Å². The minimum Gasteiger partial charge on any atom is -0.372 e. The zero-order valence-electron chi connectivity index (χ0n) is 6.97. The predicted octanol–water partition coefficient (Wildman–Crippen LogP) is 0.137. The van der Waals surface area contributed by atoms with E-state index in [0.29, 0.717) is 12.1 Å². The molecule has 2 N–H and O–H groups in total. The molecule has 2 heteroatoms. The summed E-state index contributed by atoms with van der Waals surface area (Å²) in [5, 5.41) is 2.34. The third kappa shape index (κ3) is 2.67. The van der Waals surface area contributed by atoms with Crippen LogP contribution in [0.15, 0.2) is 0 Å². The van der Waals surface area contributed by atoms with Gasteiger partial charge in [-0.1, -0.05) is 0 Å². The Hall–Kier alpha value is -0.0800. The molecule has 0 aromatic rings. The molecule has 0 unspecified atom stereocenters. The molecule has 1 fully saturated rings. The molecule has 60 valence electrons. The van der Waals surface area contributed by atoms with Crippen LogP contribution in [0.25, 0.3) is 0 Å². The SMILES string of the molecule is CC(C)[NH2+]C[C@@H]1CCCO1. The Kier molecular flexibility index (Phi) is 3.16. The van der Waals surface area contributed by atoms with Gasteiger partial charge in [0.15, 0.2) is 0 Å². The number of quaternary nitrogens is 1. The van der Waals surface area contributed by atoms with Crippen LogP contribution in [-0.2, 0) is 4.74 Å². The number of rotatable bonds is 3. The number of hydrogen-bond acceptors (Lipinski definition) is 1. The van der Waals surface area contributed by atoms with Crippen molar-refractivity contribution < 1.29 is 10.1 Å². The van der Waals surface area contributed by atoms with Crippen molar-refractivity contribution in [2.75, 3.05) is 13.2 Å². The fourth-order valence-corrected chi connectivity index (χ4v) is 1.25. The topological polar surface area (TPSA) is 25.8 Å². The average molecular weight is 144 g/mol. The van der Waals surface area contributed by atoms with Crippen LogP contribution in [-0.4, -0.2) is 25.3 Å². The Morgan fingerprint density at radius 1 is 1.60 bits per heavy atom. The van der Waals surface area contributed by atoms with E-state index in [1.54, 1.807) is 0 Å². The normalized spacial score (nSPS) is 26.1. The standard InChI is InChI=1S/C8H17NO/c1-7(2)9-6-8-4-3-5-10-8/h7-9H,3-6H2,1-2H3/p+1/t8-/m0/s1. The van der Waals surface area contributed by atoms with Crippen molar-refractivity contribution in [3.63, 3.8) is 0 Å². The molecular weight excluding hydrogens is 126 g/mol. The zero-order valence-corrected chi connectivity index (χ0v) is 6.97. The van der Waals surface area contributed by atoms with Gasteiger partial charge in [-0.15, -0.1) is 0 Å². The van der Waals surface area contributed by atoms with E-state index in [2.05, 4.69) is 19.2 Å². The van der Waals surface area contributed by atoms with Gasteiger partial charge in [-0.3, -0.25) is 0 Å². The molecule has 0 radical (unpaired) electrons. The van der Waals surface area contributed by atoms with Crippen molar-refractivity contribution in [2.45, 2.75) is 38.8 Å². The Balaban J connectivity index is 2.01. The summed E-state index contributed by atoms with van der Waals surface area (Å²) < 4.78 is 5.47. The summed E-state index contributed by atoms with van der Waals surface area (Å²) in [7, 11) is 0. The molecule has 0 bridgehead atoms. The van der Waals surface area contributed by atoms with Crippen LogP contribution in [0, 0.1) is 0 Å². The molecule has 2 nitrogen and oxygen atoms in total. The van der Waals surface area contributed by atoms with Crippen LogP contribution in [0.4, 0.5) is 0 Å². The first-order chi connectivity index (χ1) is 4.79. The average Bonchev–Trinajstić information content (AvgIpc) is 2.34. The Bertz CT molecular complexity index is 87.3. The number of nitrogens with two attached hydrogens (primary N) is 1. The summed E-state index contributed by atoms with van der Waals surface area (Å²) in [4.78, 5) is 0. The summed E-state index contributed by atoms with van der Waals surface area (Å²) in [5.41, 5.74) is 0. The van der Waals surface area contributed by atoms with Crippen molar-refractivity contribution >= 4 is 0 Å². The minimum absolute atomic E-state index is 0.544. The molecule has 1 atom stereocenters. The van der Waals surface area contributed by atoms with Crippen LogP contribution in [0.1, 0.15) is 26.7 Å². The van der Waals surface area contributed by atoms with Crippen LogP contribution in [0.3, 0.4) is 0 Å². The van der Waals surface area contributed by atoms with Crippen molar-refractivity contribution in [1.82, 2.24) is 0 Å². The van der Waals surface area contributed by atoms with E-state index >= 15 is 0 Å². The summed E-state index contributed by atoms with van der Waals surface area (Å²) >= 11 is 0. The van der Waals surface area contributed by atoms with E-state index in [0.717, 1.165) is 13.2 Å². The second-order valence-electron chi connectivity index (χ2n) is 3.35. The van der Waals surface area contributed by atoms with E-state index < -0.39 is 0 Å². The smallest absolute Gasteiger partial charge is 0.106 e. The van der Waals surface area contributed by atoms with E-state index in [9.17, 15) is 0 Å². The second-order valence-corrected chi connectivity index (χ2v) is 3.35. The lowest BCUT2D eigenvalue weighted by atomic mass is 10.2. The summed E-state index contributed by atoms with van der Waals surface area (Å²) in [6.45, 7) is 6.57. The highest BCUT2D eigenvalue weighted by molar-refractivity contribution is 4.61. The van der Waals surface area contributed by atoms with E-state index in [-0.39, 0.29) is 0 Å². The molecule has 0 aromatic heterocycles. The Morgan fingerprint density at radius 2 is 2.40 bits per heavy atom. The Labute approximate surface area is 63.0 Å². The predicted molar refractivity (Wildman–Crippen MR) is 40.9 cm³/mol. The lowest BCUT2D eigenvalue weighted by molar-refractivity contribution is -0.688. The third-order valence-electron chi connectivity index (χ3n) is 1.89. The Morgan fingerprint density at radius 3 is 2.90 bits per heavy atom. The molecule has 1 rings (SSSR count). The minimum atomic E-state index is 0.544. The molecular formula is C8H18NO+. The van der Waals surface area contributed by atoms with Crippen molar-refractivity contribution in [3.05, 3.63) is 0 Å². The molecule has 0 aliphatic carbocycles. The third-order valence-corrected chi connectivity index (χ3v) is 1.89. The lowest BCUT2D eigenvalue weighted by Crippen LogP contribution is -2.90. The first-order valence-corrected chi connectivity index (χ1v) is 4.24. The summed E-state index contributed by atoms with van der Waals surface area (Å²) in [6, 6.07) is 0.712. The van der Waals surface area contributed by atoms with Crippen LogP contribution < -0.4 is 5.32 Å². The fraction of sp³-hybridized carbons (Fsp3) is 1.00. The molecule has 10 heavy (non-hydrogen) atoms. The quantitative estimate of drug-likeness (QED) is 0.599. The molecule has 1 saturated heterocycles. The maximum Gasteiger partial charge on any atom is 0.106 e. The summed E-state index contributed by atoms with van der Waals surface area (Å²) in [6.07, 6.45) is 3.07. The van der Waals surface area contributed by atoms with Gasteiger partial charge < -0.3 is 10.1 Å². The maximum atomic E-state index is 5.47. The summed E-state index contributed by atoms with van der Waals surface area (Å²) in [5.74, 6) is 0. The van der Waals surface area contributed by atoms with Crippen LogP contribution >= 0.6 is 0 Å². The molecule has 1 aliphatic heterocycles. The number of ether oxygens (including phenoxy) is 1. The van der Waals surface area contributed by atoms with Gasteiger partial charge in [-0.25, -0.2) is 0 Å². The van der Waals surface area contributed by atoms with Crippen LogP contribution in [0.2, 0.25) is 0 Å². The number of hydrogen-bond donors (Lipinski definition) is 1. The van der Waals surface area contributed by atoms with Crippen molar-refractivity contribution in [2.24, 2.45) is 0 Å². The largest absolute Gasteiger partial charge is 0.372 e. The highest BCUT2D eigenvalue weighted by Crippen LogP contribution is 2.09. The van der Waals surface area contributed by atoms with Crippen LogP contribution in [0.5, 0.6) is 0 Å². The van der Waals surface area contributed by atoms with Gasteiger partial charge in [0.2, 0.25) is 0 Å². The first kappa shape index (κ1) is 8.02. The van der Waals surface area contributed by atoms with Gasteiger partial charge in [0, 0.05) is 6.61 Å². The monoisotopic (exact) mass is 144 g/mol. The molecule has 1 aliphatic rings. The molecule has 0 amide bonds. The highest BCUT2D eigenvalue weighted by Gasteiger charge is 2.16. The highest BCUT2D eigenvalue weighted by atomic mass is 16.5. The van der Waals surface area contributed by atoms with Gasteiger partial charge in [-0.05, 0) is 26.7 Å². The van der Waals surface area contributed by atoms with Gasteiger partial charge in [0.25, 0.3) is 0 Å². The first-order valence-electron chi connectivity index (χ1n) is 4.24. The van der Waals surface area contributed by atoms with E-state index in [4.69, 9.17) is 4.74 Å². The maximum absolute atomic E-state index is 5.47. The molecule has 1 heterocycles. The molecule has 0 aromatic carbocycles. The lowest BCUT2D eigenvalue weighted by Gasteiger charge is -2.09. The molecule has 0 spiro atoms. The van der Waals surface area contributed by atoms with Gasteiger partial charge in [0.1, 0.15) is 12.6 Å². The van der Waals surface area contributed by atoms with Gasteiger partial charge in [-0.2, -0.15) is 0 Å². The molecule has 0 saturated carbocycles.